The lowest BCUT2D eigenvalue weighted by molar-refractivity contribution is 0.144. The topological polar surface area (TPSA) is 56.3 Å². The summed E-state index contributed by atoms with van der Waals surface area (Å²) in [6, 6.07) is 0.487. The molecule has 1 aliphatic carbocycles. The van der Waals surface area contributed by atoms with E-state index in [1.807, 2.05) is 0 Å². The van der Waals surface area contributed by atoms with E-state index in [2.05, 4.69) is 21.0 Å². The van der Waals surface area contributed by atoms with Crippen LogP contribution in [0.2, 0.25) is 0 Å². The Kier molecular flexibility index (Phi) is 4.64. The molecule has 1 aromatic heterocycles. The fourth-order valence-corrected chi connectivity index (χ4v) is 3.05. The van der Waals surface area contributed by atoms with Gasteiger partial charge in [0.05, 0.1) is 18.3 Å². The van der Waals surface area contributed by atoms with Gasteiger partial charge in [-0.05, 0) is 31.7 Å². The molecule has 2 heterocycles. The van der Waals surface area contributed by atoms with E-state index in [1.165, 1.54) is 6.42 Å². The van der Waals surface area contributed by atoms with Gasteiger partial charge in [0.1, 0.15) is 6.10 Å². The van der Waals surface area contributed by atoms with Crippen LogP contribution < -0.4 is 14.8 Å². The van der Waals surface area contributed by atoms with E-state index in [-0.39, 0.29) is 18.5 Å². The standard InChI is InChI=1S/C11H17N3O2S.ClH/c1-2-3-15-10-11(14-17-13-10)16-9-5-7-4-8(9)12-6-7;/h7-9,12H,2-6H2,1H3;1H. The van der Waals surface area contributed by atoms with Gasteiger partial charge in [-0.2, -0.15) is 0 Å². The van der Waals surface area contributed by atoms with Crippen LogP contribution >= 0.6 is 24.1 Å². The van der Waals surface area contributed by atoms with E-state index in [0.717, 1.165) is 37.0 Å². The Morgan fingerprint density at radius 2 is 2.17 bits per heavy atom. The third-order valence-electron chi connectivity index (χ3n) is 3.41. The molecule has 1 saturated carbocycles. The number of halogens is 1. The van der Waals surface area contributed by atoms with Gasteiger partial charge < -0.3 is 14.8 Å². The first-order chi connectivity index (χ1) is 8.36. The zero-order valence-corrected chi connectivity index (χ0v) is 11.9. The van der Waals surface area contributed by atoms with Crippen LogP contribution in [0.3, 0.4) is 0 Å². The summed E-state index contributed by atoms with van der Waals surface area (Å²) in [5.41, 5.74) is 0. The Bertz CT molecular complexity index is 390. The highest BCUT2D eigenvalue weighted by atomic mass is 35.5. The average Bonchev–Trinajstić information content (AvgIpc) is 3.02. The lowest BCUT2D eigenvalue weighted by atomic mass is 10.1. The van der Waals surface area contributed by atoms with E-state index in [4.69, 9.17) is 9.47 Å². The highest BCUT2D eigenvalue weighted by Crippen LogP contribution is 2.35. The van der Waals surface area contributed by atoms with Crippen LogP contribution in [0.5, 0.6) is 11.8 Å². The zero-order valence-electron chi connectivity index (χ0n) is 10.3. The Labute approximate surface area is 117 Å². The average molecular weight is 292 g/mol. The number of ether oxygens (including phenoxy) is 2. The number of aromatic nitrogens is 2. The van der Waals surface area contributed by atoms with Crippen LogP contribution in [0.4, 0.5) is 0 Å². The fraction of sp³-hybridized carbons (Fsp3) is 0.818. The van der Waals surface area contributed by atoms with E-state index >= 15 is 0 Å². The van der Waals surface area contributed by atoms with Gasteiger partial charge in [0.25, 0.3) is 11.8 Å². The minimum Gasteiger partial charge on any atom is -0.473 e. The lowest BCUT2D eigenvalue weighted by Crippen LogP contribution is -2.40. The predicted molar refractivity (Wildman–Crippen MR) is 71.9 cm³/mol. The van der Waals surface area contributed by atoms with Crippen LogP contribution in [-0.4, -0.2) is 34.0 Å². The number of rotatable bonds is 5. The Balaban J connectivity index is 0.00000120. The normalized spacial score (nSPS) is 29.1. The van der Waals surface area contributed by atoms with E-state index in [9.17, 15) is 0 Å². The molecule has 0 amide bonds. The van der Waals surface area contributed by atoms with Crippen molar-refractivity contribution in [1.29, 1.82) is 0 Å². The number of nitrogens with zero attached hydrogens (tertiary/aromatic N) is 2. The highest BCUT2D eigenvalue weighted by molar-refractivity contribution is 6.99. The summed E-state index contributed by atoms with van der Waals surface area (Å²) in [4.78, 5) is 0. The lowest BCUT2D eigenvalue weighted by Gasteiger charge is -2.22. The van der Waals surface area contributed by atoms with E-state index < -0.39 is 0 Å². The monoisotopic (exact) mass is 291 g/mol. The molecule has 1 aliphatic heterocycles. The molecule has 102 valence electrons. The third kappa shape index (κ3) is 2.70. The van der Waals surface area contributed by atoms with Gasteiger partial charge >= 0.3 is 0 Å². The number of nitrogens with one attached hydrogen (secondary N) is 1. The molecule has 2 aliphatic rings. The molecular weight excluding hydrogens is 274 g/mol. The van der Waals surface area contributed by atoms with Crippen molar-refractivity contribution in [1.82, 2.24) is 14.1 Å². The Morgan fingerprint density at radius 3 is 2.83 bits per heavy atom. The Hall–Kier alpha value is -0.590. The van der Waals surface area contributed by atoms with Gasteiger partial charge in [-0.15, -0.1) is 21.2 Å². The Morgan fingerprint density at radius 1 is 1.33 bits per heavy atom. The zero-order chi connectivity index (χ0) is 11.7. The minimum atomic E-state index is 0. The van der Waals surface area contributed by atoms with Gasteiger partial charge in [0, 0.05) is 6.04 Å². The summed E-state index contributed by atoms with van der Waals surface area (Å²) < 4.78 is 19.7. The van der Waals surface area contributed by atoms with Crippen LogP contribution in [0.1, 0.15) is 26.2 Å². The van der Waals surface area contributed by atoms with Crippen LogP contribution in [0, 0.1) is 5.92 Å². The second-order valence-electron chi connectivity index (χ2n) is 4.73. The number of hydrogen-bond donors (Lipinski definition) is 1. The van der Waals surface area contributed by atoms with E-state index in [0.29, 0.717) is 24.4 Å². The van der Waals surface area contributed by atoms with Gasteiger partial charge in [-0.3, -0.25) is 0 Å². The second kappa shape index (κ2) is 6.04. The molecule has 7 heteroatoms. The fourth-order valence-electron chi connectivity index (χ4n) is 2.60. The number of piperidine rings is 1. The summed E-state index contributed by atoms with van der Waals surface area (Å²) in [6.45, 7) is 3.87. The molecular formula is C11H18ClN3O2S. The number of fused-ring (bicyclic) bond motifs is 2. The molecule has 3 unspecified atom stereocenters. The quantitative estimate of drug-likeness (QED) is 0.898. The molecule has 0 spiro atoms. The molecule has 2 fully saturated rings. The van der Waals surface area contributed by atoms with Crippen molar-refractivity contribution in [2.75, 3.05) is 13.2 Å². The largest absolute Gasteiger partial charge is 0.473 e. The molecule has 18 heavy (non-hydrogen) atoms. The molecule has 2 bridgehead atoms. The van der Waals surface area contributed by atoms with Crippen molar-refractivity contribution in [3.8, 4) is 11.8 Å². The van der Waals surface area contributed by atoms with Crippen molar-refractivity contribution in [3.63, 3.8) is 0 Å². The van der Waals surface area contributed by atoms with Crippen molar-refractivity contribution in [2.45, 2.75) is 38.3 Å². The van der Waals surface area contributed by atoms with Crippen LogP contribution in [0.15, 0.2) is 0 Å². The SMILES string of the molecule is CCCOc1nsnc1OC1CC2CNC1C2.Cl. The minimum absolute atomic E-state index is 0. The summed E-state index contributed by atoms with van der Waals surface area (Å²) in [6.07, 6.45) is 3.56. The summed E-state index contributed by atoms with van der Waals surface area (Å²) in [7, 11) is 0. The van der Waals surface area contributed by atoms with Crippen molar-refractivity contribution >= 4 is 24.1 Å². The van der Waals surface area contributed by atoms with Gasteiger partial charge in [-0.25, -0.2) is 0 Å². The second-order valence-corrected chi connectivity index (χ2v) is 5.26. The van der Waals surface area contributed by atoms with Gasteiger partial charge in [0.2, 0.25) is 0 Å². The maximum atomic E-state index is 5.93. The van der Waals surface area contributed by atoms with Crippen molar-refractivity contribution in [3.05, 3.63) is 0 Å². The van der Waals surface area contributed by atoms with Gasteiger partial charge in [0.15, 0.2) is 0 Å². The third-order valence-corrected chi connectivity index (χ3v) is 3.90. The molecule has 3 atom stereocenters. The highest BCUT2D eigenvalue weighted by Gasteiger charge is 2.41. The first-order valence-corrected chi connectivity index (χ1v) is 6.95. The van der Waals surface area contributed by atoms with E-state index in [1.54, 1.807) is 0 Å². The maximum Gasteiger partial charge on any atom is 0.291 e. The van der Waals surface area contributed by atoms with Gasteiger partial charge in [-0.1, -0.05) is 6.92 Å². The first kappa shape index (κ1) is 13.8. The van der Waals surface area contributed by atoms with Crippen LogP contribution in [-0.2, 0) is 0 Å². The summed E-state index contributed by atoms with van der Waals surface area (Å²) in [5.74, 6) is 1.90. The maximum absolute atomic E-state index is 5.93. The van der Waals surface area contributed by atoms with Crippen LogP contribution in [0.25, 0.3) is 0 Å². The molecule has 0 radical (unpaired) electrons. The summed E-state index contributed by atoms with van der Waals surface area (Å²) >= 11 is 1.15. The molecule has 1 saturated heterocycles. The van der Waals surface area contributed by atoms with Crippen molar-refractivity contribution in [2.24, 2.45) is 5.92 Å². The summed E-state index contributed by atoms with van der Waals surface area (Å²) in [5, 5.41) is 3.47. The molecule has 3 rings (SSSR count). The number of hydrogen-bond acceptors (Lipinski definition) is 6. The predicted octanol–water partition coefficient (Wildman–Crippen LogP) is 1.88. The first-order valence-electron chi connectivity index (χ1n) is 6.22. The smallest absolute Gasteiger partial charge is 0.291 e. The molecule has 5 nitrogen and oxygen atoms in total. The molecule has 0 aromatic carbocycles. The molecule has 1 N–H and O–H groups in total. The molecule has 1 aromatic rings. The van der Waals surface area contributed by atoms with Crippen molar-refractivity contribution < 1.29 is 9.47 Å².